The Balaban J connectivity index is 2.24. The molecule has 1 aliphatic rings. The van der Waals surface area contributed by atoms with Crippen molar-refractivity contribution in [1.29, 1.82) is 0 Å². The maximum Gasteiger partial charge on any atom is 0.409 e. The number of carbonyl (C=O) groups is 1. The fourth-order valence-electron chi connectivity index (χ4n) is 1.06. The first kappa shape index (κ1) is 13.3. The molecule has 0 saturated carbocycles. The van der Waals surface area contributed by atoms with E-state index in [0.717, 1.165) is 0 Å². The number of rotatable bonds is 2. The number of alkyl carbamates (subject to hydrolysis) is 1. The first-order valence-electron chi connectivity index (χ1n) is 5.40. The number of carbonyl (C=O) groups excluding carboxylic acids is 1. The molecule has 1 saturated heterocycles. The van der Waals surface area contributed by atoms with E-state index in [1.54, 1.807) is 0 Å². The lowest BCUT2D eigenvalue weighted by Crippen LogP contribution is -2.36. The Kier molecular flexibility index (Phi) is 3.50. The van der Waals surface area contributed by atoms with E-state index in [2.05, 4.69) is 5.32 Å². The largest absolute Gasteiger partial charge is 0.444 e. The summed E-state index contributed by atoms with van der Waals surface area (Å²) in [6, 6.07) is 0. The van der Waals surface area contributed by atoms with Gasteiger partial charge in [-0.15, -0.1) is 0 Å². The van der Waals surface area contributed by atoms with Gasteiger partial charge in [0.2, 0.25) is 6.29 Å². The van der Waals surface area contributed by atoms with Gasteiger partial charge in [-0.05, 0) is 41.5 Å². The Hall–Kier alpha value is -0.810. The summed E-state index contributed by atoms with van der Waals surface area (Å²) in [6.45, 7) is 11.2. The van der Waals surface area contributed by atoms with E-state index in [9.17, 15) is 4.79 Å². The molecule has 1 N–H and O–H groups in total. The zero-order valence-electron chi connectivity index (χ0n) is 10.8. The number of hydrogen-bond acceptors (Lipinski definition) is 4. The van der Waals surface area contributed by atoms with E-state index in [4.69, 9.17) is 14.2 Å². The van der Waals surface area contributed by atoms with Crippen LogP contribution in [-0.4, -0.2) is 29.8 Å². The van der Waals surface area contributed by atoms with Gasteiger partial charge in [-0.3, -0.25) is 5.32 Å². The molecule has 0 aromatic rings. The van der Waals surface area contributed by atoms with Crippen LogP contribution in [0.5, 0.6) is 0 Å². The van der Waals surface area contributed by atoms with Gasteiger partial charge in [0.05, 0.1) is 5.60 Å². The van der Waals surface area contributed by atoms with E-state index in [0.29, 0.717) is 0 Å². The SMILES string of the molecule is CC(C)(C)OC(=O)NC1OC1OC(C)(C)C. The molecule has 5 heteroatoms. The van der Waals surface area contributed by atoms with Crippen LogP contribution >= 0.6 is 0 Å². The molecule has 94 valence electrons. The lowest BCUT2D eigenvalue weighted by molar-refractivity contribution is -0.0571. The maximum absolute atomic E-state index is 11.4. The first-order valence-corrected chi connectivity index (χ1v) is 5.40. The van der Waals surface area contributed by atoms with Gasteiger partial charge in [-0.1, -0.05) is 0 Å². The van der Waals surface area contributed by atoms with Gasteiger partial charge in [0.1, 0.15) is 5.60 Å². The molecule has 1 heterocycles. The van der Waals surface area contributed by atoms with Gasteiger partial charge >= 0.3 is 6.09 Å². The molecule has 0 bridgehead atoms. The Labute approximate surface area is 96.4 Å². The summed E-state index contributed by atoms with van der Waals surface area (Å²) in [7, 11) is 0. The molecule has 0 aromatic heterocycles. The van der Waals surface area contributed by atoms with Crippen LogP contribution in [-0.2, 0) is 14.2 Å². The average molecular weight is 231 g/mol. The highest BCUT2D eigenvalue weighted by Gasteiger charge is 2.44. The van der Waals surface area contributed by atoms with Crippen LogP contribution < -0.4 is 5.32 Å². The highest BCUT2D eigenvalue weighted by Crippen LogP contribution is 2.26. The maximum atomic E-state index is 11.4. The summed E-state index contributed by atoms with van der Waals surface area (Å²) in [5, 5.41) is 2.57. The number of epoxide rings is 1. The van der Waals surface area contributed by atoms with Crippen molar-refractivity contribution >= 4 is 6.09 Å². The number of nitrogens with one attached hydrogen (secondary N) is 1. The molecule has 0 aromatic carbocycles. The van der Waals surface area contributed by atoms with Crippen LogP contribution in [0.4, 0.5) is 4.79 Å². The lowest BCUT2D eigenvalue weighted by atomic mass is 10.2. The zero-order valence-corrected chi connectivity index (χ0v) is 10.8. The minimum absolute atomic E-state index is 0.283. The summed E-state index contributed by atoms with van der Waals surface area (Å²) in [5.74, 6) is 0. The van der Waals surface area contributed by atoms with Crippen LogP contribution in [0.25, 0.3) is 0 Å². The van der Waals surface area contributed by atoms with Crippen LogP contribution in [0.1, 0.15) is 41.5 Å². The van der Waals surface area contributed by atoms with Crippen molar-refractivity contribution in [2.75, 3.05) is 0 Å². The molecule has 0 radical (unpaired) electrons. The standard InChI is InChI=1S/C11H21NO4/c1-10(2,3)15-8-7(14-8)12-9(13)16-11(4,5)6/h7-8H,1-6H3,(H,12,13). The Morgan fingerprint density at radius 3 is 2.12 bits per heavy atom. The molecule has 0 aliphatic carbocycles. The van der Waals surface area contributed by atoms with Gasteiger partial charge in [0.15, 0.2) is 6.23 Å². The van der Waals surface area contributed by atoms with E-state index >= 15 is 0 Å². The van der Waals surface area contributed by atoms with Crippen LogP contribution in [0.15, 0.2) is 0 Å². The Morgan fingerprint density at radius 1 is 1.12 bits per heavy atom. The van der Waals surface area contributed by atoms with Crippen LogP contribution in [0.2, 0.25) is 0 Å². The molecular formula is C11H21NO4. The van der Waals surface area contributed by atoms with Crippen LogP contribution in [0, 0.1) is 0 Å². The highest BCUT2D eigenvalue weighted by molar-refractivity contribution is 5.68. The molecule has 1 aliphatic heterocycles. The Morgan fingerprint density at radius 2 is 1.69 bits per heavy atom. The molecule has 5 nitrogen and oxygen atoms in total. The molecule has 2 atom stereocenters. The third kappa shape index (κ3) is 5.32. The number of ether oxygens (including phenoxy) is 3. The van der Waals surface area contributed by atoms with Crippen molar-refractivity contribution in [1.82, 2.24) is 5.32 Å². The second kappa shape index (κ2) is 4.22. The topological polar surface area (TPSA) is 60.1 Å². The lowest BCUT2D eigenvalue weighted by Gasteiger charge is -2.20. The predicted molar refractivity (Wildman–Crippen MR) is 58.9 cm³/mol. The van der Waals surface area contributed by atoms with E-state index in [1.165, 1.54) is 0 Å². The van der Waals surface area contributed by atoms with Gasteiger partial charge < -0.3 is 14.2 Å². The molecule has 1 rings (SSSR count). The summed E-state index contributed by atoms with van der Waals surface area (Å²) < 4.78 is 15.7. The quantitative estimate of drug-likeness (QED) is 0.738. The van der Waals surface area contributed by atoms with Gasteiger partial charge in [-0.25, -0.2) is 4.79 Å². The van der Waals surface area contributed by atoms with E-state index in [1.807, 2.05) is 41.5 Å². The molecule has 2 unspecified atom stereocenters. The summed E-state index contributed by atoms with van der Waals surface area (Å²) >= 11 is 0. The second-order valence-electron chi connectivity index (χ2n) is 5.80. The average Bonchev–Trinajstić information content (AvgIpc) is 2.57. The second-order valence-corrected chi connectivity index (χ2v) is 5.80. The molecule has 1 amide bonds. The number of hydrogen-bond donors (Lipinski definition) is 1. The first-order chi connectivity index (χ1) is 7.07. The van der Waals surface area contributed by atoms with Crippen molar-refractivity contribution in [3.63, 3.8) is 0 Å². The van der Waals surface area contributed by atoms with Gasteiger partial charge in [-0.2, -0.15) is 0 Å². The fraction of sp³-hybridized carbons (Fsp3) is 0.909. The minimum Gasteiger partial charge on any atom is -0.444 e. The smallest absolute Gasteiger partial charge is 0.409 e. The zero-order chi connectivity index (χ0) is 12.6. The molecule has 1 fully saturated rings. The van der Waals surface area contributed by atoms with Gasteiger partial charge in [0, 0.05) is 0 Å². The highest BCUT2D eigenvalue weighted by atomic mass is 16.8. The summed E-state index contributed by atoms with van der Waals surface area (Å²) in [6.07, 6.45) is -1.25. The third-order valence-corrected chi connectivity index (χ3v) is 1.58. The molecular weight excluding hydrogens is 210 g/mol. The normalized spacial score (nSPS) is 25.1. The number of amides is 1. The van der Waals surface area contributed by atoms with Crippen molar-refractivity contribution < 1.29 is 19.0 Å². The summed E-state index contributed by atoms with van der Waals surface area (Å²) in [5.41, 5.74) is -0.783. The van der Waals surface area contributed by atoms with Crippen LogP contribution in [0.3, 0.4) is 0 Å². The van der Waals surface area contributed by atoms with Crippen molar-refractivity contribution in [3.05, 3.63) is 0 Å². The van der Waals surface area contributed by atoms with Crippen molar-refractivity contribution in [3.8, 4) is 0 Å². The molecule has 0 spiro atoms. The Bertz CT molecular complexity index is 264. The van der Waals surface area contributed by atoms with Crippen molar-refractivity contribution in [2.24, 2.45) is 0 Å². The van der Waals surface area contributed by atoms with E-state index in [-0.39, 0.29) is 11.9 Å². The predicted octanol–water partition coefficient (Wildman–Crippen LogP) is 2.01. The fourth-order valence-corrected chi connectivity index (χ4v) is 1.06. The van der Waals surface area contributed by atoms with Crippen molar-refractivity contribution in [2.45, 2.75) is 65.3 Å². The monoisotopic (exact) mass is 231 g/mol. The molecule has 16 heavy (non-hydrogen) atoms. The summed E-state index contributed by atoms with van der Waals surface area (Å²) in [4.78, 5) is 11.4. The van der Waals surface area contributed by atoms with E-state index < -0.39 is 17.9 Å². The third-order valence-electron chi connectivity index (χ3n) is 1.58. The van der Waals surface area contributed by atoms with Gasteiger partial charge in [0.25, 0.3) is 0 Å². The minimum atomic E-state index is -0.501.